The topological polar surface area (TPSA) is 21.3 Å². The molecule has 0 radical (unpaired) electrons. The highest BCUT2D eigenvalue weighted by molar-refractivity contribution is 9.10. The van der Waals surface area contributed by atoms with E-state index < -0.39 is 11.6 Å². The summed E-state index contributed by atoms with van der Waals surface area (Å²) in [5.74, 6) is -1.04. The van der Waals surface area contributed by atoms with Crippen LogP contribution in [0.5, 0.6) is 0 Å². The monoisotopic (exact) mass is 333 g/mol. The molecule has 0 aliphatic carbocycles. The lowest BCUT2D eigenvalue weighted by atomic mass is 10.1. The van der Waals surface area contributed by atoms with E-state index >= 15 is 0 Å². The van der Waals surface area contributed by atoms with E-state index in [1.165, 1.54) is 18.6 Å². The van der Waals surface area contributed by atoms with Gasteiger partial charge in [-0.3, -0.25) is 0 Å². The smallest absolute Gasteiger partial charge is 0.144 e. The van der Waals surface area contributed by atoms with Crippen LogP contribution < -0.4 is 5.32 Å². The average molecular weight is 334 g/mol. The fraction of sp³-hybridized carbons (Fsp3) is 0.571. The molecule has 1 atom stereocenters. The Bertz CT molecular complexity index is 422. The Morgan fingerprint density at radius 1 is 1.32 bits per heavy atom. The van der Waals surface area contributed by atoms with E-state index in [1.54, 1.807) is 0 Å². The van der Waals surface area contributed by atoms with Crippen molar-refractivity contribution in [2.45, 2.75) is 38.3 Å². The van der Waals surface area contributed by atoms with Crippen molar-refractivity contribution in [2.75, 3.05) is 13.2 Å². The maximum atomic E-state index is 13.7. The van der Waals surface area contributed by atoms with Crippen LogP contribution in [0.1, 0.15) is 31.2 Å². The number of hydrogen-bond acceptors (Lipinski definition) is 2. The third-order valence-corrected chi connectivity index (χ3v) is 3.97. The summed E-state index contributed by atoms with van der Waals surface area (Å²) in [5.41, 5.74) is 0.0823. The lowest BCUT2D eigenvalue weighted by Gasteiger charge is -2.22. The van der Waals surface area contributed by atoms with Gasteiger partial charge in [-0.05, 0) is 60.3 Å². The first kappa shape index (κ1) is 14.9. The van der Waals surface area contributed by atoms with E-state index in [1.807, 2.05) is 0 Å². The third-order valence-electron chi connectivity index (χ3n) is 3.36. The molecule has 0 bridgehead atoms. The Morgan fingerprint density at radius 3 is 2.89 bits per heavy atom. The highest BCUT2D eigenvalue weighted by Gasteiger charge is 2.14. The van der Waals surface area contributed by atoms with Crippen molar-refractivity contribution in [3.63, 3.8) is 0 Å². The van der Waals surface area contributed by atoms with Crippen molar-refractivity contribution in [2.24, 2.45) is 0 Å². The molecule has 1 heterocycles. The Morgan fingerprint density at radius 2 is 2.16 bits per heavy atom. The van der Waals surface area contributed by atoms with Gasteiger partial charge in [0.15, 0.2) is 0 Å². The first-order valence-corrected chi connectivity index (χ1v) is 7.42. The molecule has 0 aromatic heterocycles. The van der Waals surface area contributed by atoms with Gasteiger partial charge < -0.3 is 10.1 Å². The minimum Gasteiger partial charge on any atom is -0.378 e. The van der Waals surface area contributed by atoms with Crippen molar-refractivity contribution in [1.29, 1.82) is 0 Å². The van der Waals surface area contributed by atoms with Gasteiger partial charge in [-0.25, -0.2) is 8.78 Å². The van der Waals surface area contributed by atoms with Crippen LogP contribution in [0.3, 0.4) is 0 Å². The molecule has 2 nitrogen and oxygen atoms in total. The summed E-state index contributed by atoms with van der Waals surface area (Å²) in [5, 5.41) is 3.08. The fourth-order valence-electron chi connectivity index (χ4n) is 2.24. The highest BCUT2D eigenvalue weighted by atomic mass is 79.9. The maximum absolute atomic E-state index is 13.7. The summed E-state index contributed by atoms with van der Waals surface area (Å²) < 4.78 is 33.1. The Labute approximate surface area is 120 Å². The minimum absolute atomic E-state index is 0.0823. The normalized spacial score (nSPS) is 19.6. The summed E-state index contributed by atoms with van der Waals surface area (Å²) in [4.78, 5) is 0. The maximum Gasteiger partial charge on any atom is 0.144 e. The van der Waals surface area contributed by atoms with Gasteiger partial charge in [0.1, 0.15) is 11.6 Å². The number of benzene rings is 1. The van der Waals surface area contributed by atoms with Gasteiger partial charge >= 0.3 is 0 Å². The summed E-state index contributed by atoms with van der Waals surface area (Å²) in [6.07, 6.45) is 4.61. The van der Waals surface area contributed by atoms with Crippen LogP contribution >= 0.6 is 15.9 Å². The average Bonchev–Trinajstić information content (AvgIpc) is 2.43. The largest absolute Gasteiger partial charge is 0.378 e. The van der Waals surface area contributed by atoms with Gasteiger partial charge in [-0.2, -0.15) is 0 Å². The quantitative estimate of drug-likeness (QED) is 0.654. The second kappa shape index (κ2) is 7.31. The van der Waals surface area contributed by atoms with Crippen LogP contribution in [-0.2, 0) is 11.3 Å². The van der Waals surface area contributed by atoms with Gasteiger partial charge in [0.05, 0.1) is 10.6 Å². The molecule has 1 aliphatic rings. The number of halogens is 3. The van der Waals surface area contributed by atoms with E-state index in [9.17, 15) is 8.78 Å². The lowest BCUT2D eigenvalue weighted by Crippen LogP contribution is -2.25. The summed E-state index contributed by atoms with van der Waals surface area (Å²) in [6, 6.07) is 2.65. The Kier molecular flexibility index (Phi) is 5.73. The Hall–Kier alpha value is -0.520. The van der Waals surface area contributed by atoms with Crippen molar-refractivity contribution >= 4 is 15.9 Å². The van der Waals surface area contributed by atoms with Gasteiger partial charge in [0, 0.05) is 18.7 Å². The van der Waals surface area contributed by atoms with E-state index in [-0.39, 0.29) is 12.1 Å². The van der Waals surface area contributed by atoms with Crippen LogP contribution in [-0.4, -0.2) is 19.3 Å². The van der Waals surface area contributed by atoms with Gasteiger partial charge in [-0.1, -0.05) is 0 Å². The molecule has 5 heteroatoms. The van der Waals surface area contributed by atoms with E-state index in [2.05, 4.69) is 21.2 Å². The molecule has 0 amide bonds. The molecule has 1 N–H and O–H groups in total. The van der Waals surface area contributed by atoms with Crippen molar-refractivity contribution in [3.05, 3.63) is 33.8 Å². The van der Waals surface area contributed by atoms with E-state index in [0.29, 0.717) is 17.1 Å². The lowest BCUT2D eigenvalue weighted by molar-refractivity contribution is 0.0115. The molecule has 0 spiro atoms. The summed E-state index contributed by atoms with van der Waals surface area (Å²) in [7, 11) is 0. The molecule has 1 saturated heterocycles. The van der Waals surface area contributed by atoms with E-state index in [4.69, 9.17) is 4.74 Å². The molecule has 1 aliphatic heterocycles. The molecule has 106 valence electrons. The van der Waals surface area contributed by atoms with E-state index in [0.717, 1.165) is 25.9 Å². The summed E-state index contributed by atoms with van der Waals surface area (Å²) >= 11 is 3.06. The second-order valence-electron chi connectivity index (χ2n) is 4.78. The Balaban J connectivity index is 1.77. The van der Waals surface area contributed by atoms with Gasteiger partial charge in [-0.15, -0.1) is 0 Å². The van der Waals surface area contributed by atoms with Crippen LogP contribution in [0.2, 0.25) is 0 Å². The second-order valence-corrected chi connectivity index (χ2v) is 5.63. The predicted molar refractivity (Wildman–Crippen MR) is 74.0 cm³/mol. The minimum atomic E-state index is -0.526. The van der Waals surface area contributed by atoms with Crippen LogP contribution in [0.4, 0.5) is 8.78 Å². The van der Waals surface area contributed by atoms with Crippen molar-refractivity contribution in [1.82, 2.24) is 5.32 Å². The fourth-order valence-corrected chi connectivity index (χ4v) is 2.61. The molecular weight excluding hydrogens is 316 g/mol. The molecule has 1 aromatic rings. The van der Waals surface area contributed by atoms with Gasteiger partial charge in [0.2, 0.25) is 0 Å². The molecule has 0 saturated carbocycles. The zero-order valence-corrected chi connectivity index (χ0v) is 12.3. The zero-order valence-electron chi connectivity index (χ0n) is 10.7. The molecule has 2 rings (SSSR count). The molecule has 1 fully saturated rings. The molecular formula is C14H18BrF2NO. The highest BCUT2D eigenvalue weighted by Crippen LogP contribution is 2.21. The molecule has 1 unspecified atom stereocenters. The number of ether oxygens (including phenoxy) is 1. The number of rotatable bonds is 5. The van der Waals surface area contributed by atoms with Crippen LogP contribution in [0.15, 0.2) is 16.6 Å². The summed E-state index contributed by atoms with van der Waals surface area (Å²) in [6.45, 7) is 1.74. The first-order valence-electron chi connectivity index (χ1n) is 6.63. The van der Waals surface area contributed by atoms with Crippen LogP contribution in [0.25, 0.3) is 0 Å². The van der Waals surface area contributed by atoms with Crippen molar-refractivity contribution in [3.8, 4) is 0 Å². The number of hydrogen-bond donors (Lipinski definition) is 1. The molecule has 19 heavy (non-hydrogen) atoms. The first-order chi connectivity index (χ1) is 9.18. The zero-order chi connectivity index (χ0) is 13.7. The number of nitrogens with one attached hydrogen (secondary N) is 1. The van der Waals surface area contributed by atoms with Gasteiger partial charge in [0.25, 0.3) is 0 Å². The third kappa shape index (κ3) is 4.23. The van der Waals surface area contributed by atoms with Crippen molar-refractivity contribution < 1.29 is 13.5 Å². The van der Waals surface area contributed by atoms with Crippen LogP contribution in [0, 0.1) is 11.6 Å². The molecule has 1 aromatic carbocycles. The predicted octanol–water partition coefficient (Wildman–Crippen LogP) is 3.78. The standard InChI is InChI=1S/C14H18BrF2NO/c15-12-4-5-13(16)11(14(12)17)9-18-7-6-10-3-1-2-8-19-10/h4-5,10,18H,1-3,6-9H2. The SMILES string of the molecule is Fc1ccc(Br)c(F)c1CNCCC1CCCCO1.